The topological polar surface area (TPSA) is 38.4 Å². The molecule has 0 spiro atoms. The maximum Gasteiger partial charge on any atom is 0.0787 e. The van der Waals surface area contributed by atoms with Gasteiger partial charge in [-0.15, -0.1) is 0 Å². The van der Waals surface area contributed by atoms with Crippen LogP contribution in [0.2, 0.25) is 5.02 Å². The summed E-state index contributed by atoms with van der Waals surface area (Å²) in [4.78, 5) is 7.16. The van der Waals surface area contributed by atoms with Crippen LogP contribution in [0, 0.1) is 0 Å². The van der Waals surface area contributed by atoms with Crippen LogP contribution in [0.1, 0.15) is 18.4 Å². The second-order valence-corrected chi connectivity index (χ2v) is 6.12. The summed E-state index contributed by atoms with van der Waals surface area (Å²) in [7, 11) is 0. The molecule has 0 saturated heterocycles. The summed E-state index contributed by atoms with van der Waals surface area (Å²) in [6.45, 7) is 0.693. The number of hydrogen-bond acceptors (Lipinski definition) is 3. The Labute approximate surface area is 122 Å². The van der Waals surface area contributed by atoms with Crippen molar-refractivity contribution in [2.24, 2.45) is 10.7 Å². The van der Waals surface area contributed by atoms with E-state index in [0.717, 1.165) is 35.7 Å². The van der Waals surface area contributed by atoms with Crippen molar-refractivity contribution in [1.82, 2.24) is 0 Å². The maximum absolute atomic E-state index is 6.32. The first-order valence-corrected chi connectivity index (χ1v) is 7.62. The van der Waals surface area contributed by atoms with E-state index in [1.54, 1.807) is 11.8 Å². The molecule has 0 aromatic heterocycles. The molecule has 0 bridgehead atoms. The SMILES string of the molecule is NCCCc1cc2c(cc1Cl)N=C1CC=CC=C1S2. The van der Waals surface area contributed by atoms with Crippen LogP contribution >= 0.6 is 23.4 Å². The number of fused-ring (bicyclic) bond motifs is 2. The van der Waals surface area contributed by atoms with Gasteiger partial charge >= 0.3 is 0 Å². The number of allylic oxidation sites excluding steroid dienone is 4. The highest BCUT2D eigenvalue weighted by atomic mass is 35.5. The van der Waals surface area contributed by atoms with Gasteiger partial charge < -0.3 is 5.73 Å². The minimum atomic E-state index is 0.693. The van der Waals surface area contributed by atoms with E-state index >= 15 is 0 Å². The number of nitrogens with zero attached hydrogens (tertiary/aromatic N) is 1. The van der Waals surface area contributed by atoms with Crippen molar-refractivity contribution in [3.8, 4) is 0 Å². The molecule has 1 aliphatic heterocycles. The maximum atomic E-state index is 6.32. The van der Waals surface area contributed by atoms with Gasteiger partial charge in [0, 0.05) is 21.2 Å². The van der Waals surface area contributed by atoms with E-state index in [-0.39, 0.29) is 0 Å². The average molecular weight is 291 g/mol. The lowest BCUT2D eigenvalue weighted by atomic mass is 10.1. The van der Waals surface area contributed by atoms with E-state index in [1.165, 1.54) is 15.4 Å². The molecule has 19 heavy (non-hydrogen) atoms. The first kappa shape index (κ1) is 13.0. The van der Waals surface area contributed by atoms with Gasteiger partial charge in [0.1, 0.15) is 0 Å². The van der Waals surface area contributed by atoms with Gasteiger partial charge in [-0.2, -0.15) is 0 Å². The van der Waals surface area contributed by atoms with Gasteiger partial charge in [0.05, 0.1) is 11.4 Å². The minimum absolute atomic E-state index is 0.693. The van der Waals surface area contributed by atoms with Crippen LogP contribution in [0.25, 0.3) is 0 Å². The Bertz CT molecular complexity index is 602. The molecular formula is C15H15ClN2S. The Balaban J connectivity index is 1.97. The van der Waals surface area contributed by atoms with Crippen molar-refractivity contribution >= 4 is 34.8 Å². The summed E-state index contributed by atoms with van der Waals surface area (Å²) in [5, 5.41) is 0.802. The lowest BCUT2D eigenvalue weighted by Crippen LogP contribution is -2.06. The molecule has 1 heterocycles. The highest BCUT2D eigenvalue weighted by Gasteiger charge is 2.19. The molecule has 0 fully saturated rings. The number of thioether (sulfide) groups is 1. The third-order valence-electron chi connectivity index (χ3n) is 3.23. The number of aliphatic imine (C=N–C) groups is 1. The monoisotopic (exact) mass is 290 g/mol. The predicted octanol–water partition coefficient (Wildman–Crippen LogP) is 4.25. The molecule has 0 unspecified atom stereocenters. The highest BCUT2D eigenvalue weighted by molar-refractivity contribution is 8.04. The Morgan fingerprint density at radius 2 is 2.26 bits per heavy atom. The fraction of sp³-hybridized carbons (Fsp3) is 0.267. The first-order valence-electron chi connectivity index (χ1n) is 6.43. The lowest BCUT2D eigenvalue weighted by Gasteiger charge is -2.20. The fourth-order valence-electron chi connectivity index (χ4n) is 2.23. The van der Waals surface area contributed by atoms with Crippen molar-refractivity contribution < 1.29 is 0 Å². The average Bonchev–Trinajstić information content (AvgIpc) is 2.43. The smallest absolute Gasteiger partial charge is 0.0787 e. The van der Waals surface area contributed by atoms with Crippen molar-refractivity contribution in [2.45, 2.75) is 24.2 Å². The third-order valence-corrected chi connectivity index (χ3v) is 4.72. The van der Waals surface area contributed by atoms with Crippen molar-refractivity contribution in [2.75, 3.05) is 6.54 Å². The summed E-state index contributed by atoms with van der Waals surface area (Å²) in [5.74, 6) is 0. The third kappa shape index (κ3) is 2.64. The van der Waals surface area contributed by atoms with Crippen LogP contribution in [-0.4, -0.2) is 12.3 Å². The molecule has 2 aliphatic rings. The van der Waals surface area contributed by atoms with Crippen molar-refractivity contribution in [1.29, 1.82) is 0 Å². The van der Waals surface area contributed by atoms with Gasteiger partial charge in [0.15, 0.2) is 0 Å². The fourth-order valence-corrected chi connectivity index (χ4v) is 3.52. The van der Waals surface area contributed by atoms with Crippen molar-refractivity contribution in [3.05, 3.63) is 45.9 Å². The largest absolute Gasteiger partial charge is 0.330 e. The van der Waals surface area contributed by atoms with Crippen LogP contribution in [0.15, 0.2) is 45.2 Å². The van der Waals surface area contributed by atoms with E-state index in [4.69, 9.17) is 22.3 Å². The van der Waals surface area contributed by atoms with Crippen LogP contribution in [0.4, 0.5) is 5.69 Å². The van der Waals surface area contributed by atoms with Gasteiger partial charge in [0.2, 0.25) is 0 Å². The number of halogens is 1. The summed E-state index contributed by atoms with van der Waals surface area (Å²) in [6, 6.07) is 4.15. The lowest BCUT2D eigenvalue weighted by molar-refractivity contribution is 0.831. The van der Waals surface area contributed by atoms with Crippen LogP contribution in [-0.2, 0) is 6.42 Å². The summed E-state index contributed by atoms with van der Waals surface area (Å²) < 4.78 is 0. The van der Waals surface area contributed by atoms with Crippen molar-refractivity contribution in [3.63, 3.8) is 0 Å². The Kier molecular flexibility index (Phi) is 3.78. The Morgan fingerprint density at radius 1 is 1.37 bits per heavy atom. The summed E-state index contributed by atoms with van der Waals surface area (Å²) in [6.07, 6.45) is 9.15. The van der Waals surface area contributed by atoms with E-state index in [0.29, 0.717) is 6.54 Å². The van der Waals surface area contributed by atoms with Crippen LogP contribution in [0.3, 0.4) is 0 Å². The van der Waals surface area contributed by atoms with E-state index in [2.05, 4.69) is 24.3 Å². The zero-order valence-electron chi connectivity index (χ0n) is 10.5. The first-order chi connectivity index (χ1) is 9.28. The minimum Gasteiger partial charge on any atom is -0.330 e. The molecule has 1 aliphatic carbocycles. The molecule has 0 amide bonds. The zero-order chi connectivity index (χ0) is 13.2. The number of nitrogens with two attached hydrogens (primary N) is 1. The van der Waals surface area contributed by atoms with E-state index in [9.17, 15) is 0 Å². The quantitative estimate of drug-likeness (QED) is 0.903. The molecule has 0 atom stereocenters. The number of hydrogen-bond donors (Lipinski definition) is 1. The second kappa shape index (κ2) is 5.53. The Hall–Kier alpha value is -1.03. The molecule has 2 N–H and O–H groups in total. The molecule has 0 saturated carbocycles. The molecule has 2 nitrogen and oxygen atoms in total. The zero-order valence-corrected chi connectivity index (χ0v) is 12.1. The molecule has 3 rings (SSSR count). The number of aryl methyl sites for hydroxylation is 1. The van der Waals surface area contributed by atoms with Gasteiger partial charge in [0.25, 0.3) is 0 Å². The molecule has 98 valence electrons. The second-order valence-electron chi connectivity index (χ2n) is 4.63. The number of rotatable bonds is 3. The summed E-state index contributed by atoms with van der Waals surface area (Å²) in [5.41, 5.74) is 8.87. The van der Waals surface area contributed by atoms with Crippen LogP contribution in [0.5, 0.6) is 0 Å². The van der Waals surface area contributed by atoms with Gasteiger partial charge in [-0.25, -0.2) is 0 Å². The van der Waals surface area contributed by atoms with Gasteiger partial charge in [-0.1, -0.05) is 35.5 Å². The van der Waals surface area contributed by atoms with E-state index in [1.807, 2.05) is 6.07 Å². The number of benzene rings is 1. The normalized spacial score (nSPS) is 16.5. The standard InChI is InChI=1S/C15H15ClN2S/c16-11-9-13-15(8-10(11)4-3-7-17)19-14-6-2-1-5-12(14)18-13/h1-2,6,8-9H,3-5,7,17H2. The molecule has 4 heteroatoms. The molecule has 0 radical (unpaired) electrons. The molecular weight excluding hydrogens is 276 g/mol. The highest BCUT2D eigenvalue weighted by Crippen LogP contribution is 2.44. The molecule has 1 aromatic rings. The van der Waals surface area contributed by atoms with Gasteiger partial charge in [-0.3, -0.25) is 4.99 Å². The summed E-state index contributed by atoms with van der Waals surface area (Å²) >= 11 is 8.11. The van der Waals surface area contributed by atoms with Gasteiger partial charge in [-0.05, 0) is 43.2 Å². The van der Waals surface area contributed by atoms with Crippen LogP contribution < -0.4 is 5.73 Å². The molecule has 1 aromatic carbocycles. The Morgan fingerprint density at radius 3 is 3.11 bits per heavy atom. The predicted molar refractivity (Wildman–Crippen MR) is 83.6 cm³/mol. The van der Waals surface area contributed by atoms with E-state index < -0.39 is 0 Å².